The number of ether oxygens (including phenoxy) is 2. The van der Waals surface area contributed by atoms with Gasteiger partial charge in [0.2, 0.25) is 0 Å². The molecule has 0 saturated heterocycles. The van der Waals surface area contributed by atoms with Crippen LogP contribution < -0.4 is 9.47 Å². The van der Waals surface area contributed by atoms with Gasteiger partial charge in [0, 0.05) is 10.0 Å². The highest BCUT2D eigenvalue weighted by atomic mass is 79.9. The van der Waals surface area contributed by atoms with Crippen LogP contribution in [0, 0.1) is 17.1 Å². The SMILES string of the molecule is CCOc1cc(C=C(C#N)c2ccccc2F)c(Br)cc1OCC(=O)O. The molecule has 0 aliphatic rings. The lowest BCUT2D eigenvalue weighted by molar-refractivity contribution is -0.139. The molecule has 0 amide bonds. The van der Waals surface area contributed by atoms with E-state index >= 15 is 0 Å². The normalized spacial score (nSPS) is 10.9. The second-order valence-corrected chi connectivity index (χ2v) is 5.94. The second kappa shape index (κ2) is 9.02. The summed E-state index contributed by atoms with van der Waals surface area (Å²) in [7, 11) is 0. The van der Waals surface area contributed by atoms with Crippen LogP contribution in [0.4, 0.5) is 4.39 Å². The van der Waals surface area contributed by atoms with Crippen molar-refractivity contribution >= 4 is 33.5 Å². The summed E-state index contributed by atoms with van der Waals surface area (Å²) in [6, 6.07) is 11.1. The molecule has 0 aliphatic heterocycles. The highest BCUT2D eigenvalue weighted by Crippen LogP contribution is 2.35. The number of nitrogens with zero attached hydrogens (tertiary/aromatic N) is 1. The van der Waals surface area contributed by atoms with E-state index in [0.29, 0.717) is 22.4 Å². The zero-order chi connectivity index (χ0) is 19.1. The molecule has 2 aromatic carbocycles. The monoisotopic (exact) mass is 419 g/mol. The molecule has 2 aromatic rings. The van der Waals surface area contributed by atoms with Crippen molar-refractivity contribution in [2.45, 2.75) is 6.92 Å². The number of carbonyl (C=O) groups is 1. The molecule has 26 heavy (non-hydrogen) atoms. The van der Waals surface area contributed by atoms with Crippen LogP contribution in [-0.4, -0.2) is 24.3 Å². The molecule has 0 spiro atoms. The molecule has 0 radical (unpaired) electrons. The zero-order valence-corrected chi connectivity index (χ0v) is 15.4. The molecule has 0 atom stereocenters. The largest absolute Gasteiger partial charge is 0.490 e. The van der Waals surface area contributed by atoms with Crippen molar-refractivity contribution in [1.82, 2.24) is 0 Å². The Morgan fingerprint density at radius 1 is 1.31 bits per heavy atom. The molecule has 0 aromatic heterocycles. The molecular formula is C19H15BrFNO4. The summed E-state index contributed by atoms with van der Waals surface area (Å²) < 4.78 is 25.2. The molecule has 2 rings (SSSR count). The van der Waals surface area contributed by atoms with Crippen molar-refractivity contribution < 1.29 is 23.8 Å². The Balaban J connectivity index is 2.48. The van der Waals surface area contributed by atoms with E-state index in [1.54, 1.807) is 31.2 Å². The molecule has 5 nitrogen and oxygen atoms in total. The summed E-state index contributed by atoms with van der Waals surface area (Å²) in [5, 5.41) is 18.2. The summed E-state index contributed by atoms with van der Waals surface area (Å²) in [5.74, 6) is -1.03. The Bertz CT molecular complexity index is 890. The number of carboxylic acid groups (broad SMARTS) is 1. The third kappa shape index (κ3) is 4.83. The summed E-state index contributed by atoms with van der Waals surface area (Å²) in [6.45, 7) is 1.60. The molecule has 0 heterocycles. The fraction of sp³-hybridized carbons (Fsp3) is 0.158. The molecule has 0 saturated carbocycles. The van der Waals surface area contributed by atoms with E-state index in [-0.39, 0.29) is 16.9 Å². The number of halogens is 2. The minimum atomic E-state index is -1.11. The van der Waals surface area contributed by atoms with Crippen LogP contribution in [0.25, 0.3) is 11.6 Å². The maximum Gasteiger partial charge on any atom is 0.341 e. The van der Waals surface area contributed by atoms with Gasteiger partial charge < -0.3 is 14.6 Å². The van der Waals surface area contributed by atoms with Crippen LogP contribution in [0.15, 0.2) is 40.9 Å². The first-order chi connectivity index (χ1) is 12.5. The van der Waals surface area contributed by atoms with Gasteiger partial charge in [0.05, 0.1) is 18.2 Å². The Morgan fingerprint density at radius 3 is 2.62 bits per heavy atom. The van der Waals surface area contributed by atoms with Gasteiger partial charge >= 0.3 is 5.97 Å². The number of benzene rings is 2. The molecule has 0 unspecified atom stereocenters. The van der Waals surface area contributed by atoms with Crippen molar-refractivity contribution in [2.75, 3.05) is 13.2 Å². The fourth-order valence-electron chi connectivity index (χ4n) is 2.19. The standard InChI is InChI=1S/C19H15BrFNO4/c1-2-25-17-8-12(15(20)9-18(17)26-11-19(23)24)7-13(10-22)14-5-3-4-6-16(14)21/h3-9H,2,11H2,1H3,(H,23,24). The average molecular weight is 420 g/mol. The topological polar surface area (TPSA) is 79.5 Å². The minimum absolute atomic E-state index is 0.144. The fourth-order valence-corrected chi connectivity index (χ4v) is 2.62. The van der Waals surface area contributed by atoms with Crippen molar-refractivity contribution in [1.29, 1.82) is 5.26 Å². The van der Waals surface area contributed by atoms with E-state index in [1.165, 1.54) is 18.2 Å². The van der Waals surface area contributed by atoms with E-state index < -0.39 is 18.4 Å². The number of hydrogen-bond donors (Lipinski definition) is 1. The van der Waals surface area contributed by atoms with Crippen molar-refractivity contribution in [3.8, 4) is 17.6 Å². The summed E-state index contributed by atoms with van der Waals surface area (Å²) >= 11 is 3.36. The maximum absolute atomic E-state index is 14.0. The summed E-state index contributed by atoms with van der Waals surface area (Å²) in [4.78, 5) is 10.7. The van der Waals surface area contributed by atoms with Crippen LogP contribution in [-0.2, 0) is 4.79 Å². The van der Waals surface area contributed by atoms with Gasteiger partial charge in [-0.15, -0.1) is 0 Å². The number of nitriles is 1. The van der Waals surface area contributed by atoms with Crippen LogP contribution in [0.3, 0.4) is 0 Å². The first-order valence-electron chi connectivity index (χ1n) is 7.63. The smallest absolute Gasteiger partial charge is 0.341 e. The van der Waals surface area contributed by atoms with Gasteiger partial charge in [-0.3, -0.25) is 0 Å². The molecule has 134 valence electrons. The maximum atomic E-state index is 14.0. The van der Waals surface area contributed by atoms with Gasteiger partial charge in [-0.1, -0.05) is 34.1 Å². The third-order valence-corrected chi connectivity index (χ3v) is 3.99. The highest BCUT2D eigenvalue weighted by molar-refractivity contribution is 9.10. The van der Waals surface area contributed by atoms with Crippen LogP contribution in [0.2, 0.25) is 0 Å². The van der Waals surface area contributed by atoms with Gasteiger partial charge in [0.25, 0.3) is 0 Å². The predicted molar refractivity (Wildman–Crippen MR) is 98.3 cm³/mol. The summed E-state index contributed by atoms with van der Waals surface area (Å²) in [5.41, 5.74) is 0.896. The molecular weight excluding hydrogens is 405 g/mol. The van der Waals surface area contributed by atoms with Gasteiger partial charge in [0.1, 0.15) is 5.82 Å². The van der Waals surface area contributed by atoms with Crippen molar-refractivity contribution in [2.24, 2.45) is 0 Å². The van der Waals surface area contributed by atoms with Gasteiger partial charge in [0.15, 0.2) is 18.1 Å². The lowest BCUT2D eigenvalue weighted by Crippen LogP contribution is -2.10. The van der Waals surface area contributed by atoms with Crippen molar-refractivity contribution in [3.63, 3.8) is 0 Å². The van der Waals surface area contributed by atoms with Gasteiger partial charge in [-0.2, -0.15) is 5.26 Å². The Hall–Kier alpha value is -2.85. The number of hydrogen-bond acceptors (Lipinski definition) is 4. The van der Waals surface area contributed by atoms with Gasteiger partial charge in [-0.25, -0.2) is 9.18 Å². The van der Waals surface area contributed by atoms with Gasteiger partial charge in [-0.05, 0) is 36.8 Å². The molecule has 1 N–H and O–H groups in total. The third-order valence-electron chi connectivity index (χ3n) is 3.30. The molecule has 0 aliphatic carbocycles. The first kappa shape index (κ1) is 19.5. The number of rotatable bonds is 7. The molecule has 0 fully saturated rings. The van der Waals surface area contributed by atoms with E-state index in [2.05, 4.69) is 15.9 Å². The quantitative estimate of drug-likeness (QED) is 0.527. The number of allylic oxidation sites excluding steroid dienone is 1. The Labute approximate surface area is 158 Å². The zero-order valence-electron chi connectivity index (χ0n) is 13.8. The predicted octanol–water partition coefficient (Wildman–Crippen LogP) is 4.51. The van der Waals surface area contributed by atoms with E-state index in [0.717, 1.165) is 0 Å². The summed E-state index contributed by atoms with van der Waals surface area (Å²) in [6.07, 6.45) is 1.52. The Morgan fingerprint density at radius 2 is 2.00 bits per heavy atom. The van der Waals surface area contributed by atoms with E-state index in [1.807, 2.05) is 6.07 Å². The lowest BCUT2D eigenvalue weighted by atomic mass is 10.0. The van der Waals surface area contributed by atoms with Crippen LogP contribution >= 0.6 is 15.9 Å². The highest BCUT2D eigenvalue weighted by Gasteiger charge is 2.13. The molecule has 7 heteroatoms. The average Bonchev–Trinajstić information content (AvgIpc) is 2.61. The van der Waals surface area contributed by atoms with Crippen LogP contribution in [0.5, 0.6) is 11.5 Å². The second-order valence-electron chi connectivity index (χ2n) is 5.09. The first-order valence-corrected chi connectivity index (χ1v) is 8.43. The lowest BCUT2D eigenvalue weighted by Gasteiger charge is -2.13. The molecule has 0 bridgehead atoms. The minimum Gasteiger partial charge on any atom is -0.490 e. The number of aliphatic carboxylic acids is 1. The number of carboxylic acids is 1. The van der Waals surface area contributed by atoms with E-state index in [4.69, 9.17) is 14.6 Å². The van der Waals surface area contributed by atoms with E-state index in [9.17, 15) is 14.4 Å². The van der Waals surface area contributed by atoms with Crippen LogP contribution in [0.1, 0.15) is 18.1 Å². The Kier molecular flexibility index (Phi) is 6.75. The van der Waals surface area contributed by atoms with Crippen molar-refractivity contribution in [3.05, 3.63) is 57.8 Å².